The van der Waals surface area contributed by atoms with Gasteiger partial charge in [0, 0.05) is 12.6 Å². The molecule has 1 fully saturated rings. The zero-order chi connectivity index (χ0) is 18.3. The fourth-order valence-corrected chi connectivity index (χ4v) is 5.59. The molecule has 1 aliphatic carbocycles. The van der Waals surface area contributed by atoms with Gasteiger partial charge in [-0.3, -0.25) is 9.91 Å². The summed E-state index contributed by atoms with van der Waals surface area (Å²) in [5, 5.41) is 6.49. The molecule has 0 radical (unpaired) electrons. The number of rotatable bonds is 2. The highest BCUT2D eigenvalue weighted by atomic mass is 32.2. The zero-order valence-electron chi connectivity index (χ0n) is 15.2. The third-order valence-electron chi connectivity index (χ3n) is 5.67. The Labute approximate surface area is 155 Å². The number of benzene rings is 1. The highest BCUT2D eigenvalue weighted by Crippen LogP contribution is 2.34. The molecule has 4 rings (SSSR count). The van der Waals surface area contributed by atoms with Gasteiger partial charge in [0.05, 0.1) is 17.0 Å². The quantitative estimate of drug-likeness (QED) is 0.802. The lowest BCUT2D eigenvalue weighted by atomic mass is 9.91. The first-order valence-electron chi connectivity index (χ1n) is 9.23. The van der Waals surface area contributed by atoms with Crippen LogP contribution in [-0.4, -0.2) is 55.6 Å². The van der Waals surface area contributed by atoms with Gasteiger partial charge in [-0.05, 0) is 44.0 Å². The van der Waals surface area contributed by atoms with Crippen molar-refractivity contribution in [3.05, 3.63) is 54.1 Å². The number of hydrogen-bond acceptors (Lipinski definition) is 5. The minimum Gasteiger partial charge on any atom is -0.294 e. The van der Waals surface area contributed by atoms with Gasteiger partial charge < -0.3 is 0 Å². The Morgan fingerprint density at radius 1 is 1.12 bits per heavy atom. The van der Waals surface area contributed by atoms with Crippen LogP contribution in [0.2, 0.25) is 0 Å². The van der Waals surface area contributed by atoms with Gasteiger partial charge in [0.15, 0.2) is 5.04 Å². The highest BCUT2D eigenvalue weighted by molar-refractivity contribution is 8.07. The van der Waals surface area contributed by atoms with Gasteiger partial charge in [-0.2, -0.15) is 5.10 Å². The number of likely N-dealkylation sites (N-methyl/N-ethyl adjacent to an activating group) is 1. The lowest BCUT2D eigenvalue weighted by Gasteiger charge is -2.41. The van der Waals surface area contributed by atoms with Crippen LogP contribution in [-0.2, 0) is 9.84 Å². The van der Waals surface area contributed by atoms with E-state index in [9.17, 15) is 8.42 Å². The average Bonchev–Trinajstić information content (AvgIpc) is 3.01. The van der Waals surface area contributed by atoms with Crippen molar-refractivity contribution in [2.45, 2.75) is 36.7 Å². The van der Waals surface area contributed by atoms with E-state index in [4.69, 9.17) is 0 Å². The van der Waals surface area contributed by atoms with Crippen molar-refractivity contribution in [1.82, 2.24) is 9.91 Å². The van der Waals surface area contributed by atoms with E-state index >= 15 is 0 Å². The number of hydrogen-bond donors (Lipinski definition) is 0. The summed E-state index contributed by atoms with van der Waals surface area (Å²) in [7, 11) is -1.74. The topological polar surface area (TPSA) is 53.0 Å². The summed E-state index contributed by atoms with van der Waals surface area (Å²) in [6, 6.07) is 8.70. The number of likely N-dealkylation sites (tertiary alicyclic amines) is 1. The summed E-state index contributed by atoms with van der Waals surface area (Å²) in [6.45, 7) is 4.40. The minimum atomic E-state index is -3.62. The first-order valence-corrected chi connectivity index (χ1v) is 10.7. The van der Waals surface area contributed by atoms with E-state index in [2.05, 4.69) is 23.0 Å². The maximum Gasteiger partial charge on any atom is 0.225 e. The van der Waals surface area contributed by atoms with Crippen molar-refractivity contribution in [1.29, 1.82) is 0 Å². The molecule has 0 aromatic heterocycles. The summed E-state index contributed by atoms with van der Waals surface area (Å²) in [5.74, 6) is 0.764. The van der Waals surface area contributed by atoms with Crippen LogP contribution in [0.3, 0.4) is 0 Å². The summed E-state index contributed by atoms with van der Waals surface area (Å²) < 4.78 is 26.2. The molecule has 0 spiro atoms. The van der Waals surface area contributed by atoms with E-state index in [1.807, 2.05) is 30.3 Å². The van der Waals surface area contributed by atoms with E-state index in [0.29, 0.717) is 4.90 Å². The first kappa shape index (κ1) is 17.5. The molecule has 2 aliphatic heterocycles. The molecule has 2 unspecified atom stereocenters. The smallest absolute Gasteiger partial charge is 0.225 e. The molecule has 2 heterocycles. The highest BCUT2D eigenvalue weighted by Gasteiger charge is 2.43. The third kappa shape index (κ3) is 2.91. The van der Waals surface area contributed by atoms with E-state index in [1.54, 1.807) is 24.3 Å². The molecule has 2 atom stereocenters. The monoisotopic (exact) mass is 371 g/mol. The second-order valence-corrected chi connectivity index (χ2v) is 9.32. The van der Waals surface area contributed by atoms with Crippen molar-refractivity contribution >= 4 is 14.9 Å². The predicted molar refractivity (Wildman–Crippen MR) is 104 cm³/mol. The summed E-state index contributed by atoms with van der Waals surface area (Å²) in [6.07, 6.45) is 8.47. The van der Waals surface area contributed by atoms with Crippen molar-refractivity contribution in [3.8, 4) is 0 Å². The molecule has 1 aromatic rings. The lowest BCUT2D eigenvalue weighted by Crippen LogP contribution is -2.51. The normalized spacial score (nSPS) is 27.2. The van der Waals surface area contributed by atoms with Gasteiger partial charge in [-0.1, -0.05) is 43.4 Å². The van der Waals surface area contributed by atoms with Crippen LogP contribution in [0.4, 0.5) is 0 Å². The van der Waals surface area contributed by atoms with Crippen LogP contribution in [0.5, 0.6) is 0 Å². The Morgan fingerprint density at radius 3 is 2.50 bits per heavy atom. The second-order valence-electron chi connectivity index (χ2n) is 7.46. The van der Waals surface area contributed by atoms with Gasteiger partial charge >= 0.3 is 0 Å². The lowest BCUT2D eigenvalue weighted by molar-refractivity contribution is 0.112. The molecule has 0 amide bonds. The summed E-state index contributed by atoms with van der Waals surface area (Å²) in [5.41, 5.74) is 0.808. The van der Waals surface area contributed by atoms with Crippen LogP contribution in [0.1, 0.15) is 19.8 Å². The van der Waals surface area contributed by atoms with Gasteiger partial charge in [-0.25, -0.2) is 8.42 Å². The molecule has 5 nitrogen and oxygen atoms in total. The Kier molecular flexibility index (Phi) is 4.49. The van der Waals surface area contributed by atoms with Crippen molar-refractivity contribution in [2.24, 2.45) is 11.0 Å². The number of allylic oxidation sites excluding steroid dienone is 2. The third-order valence-corrected chi connectivity index (χ3v) is 7.39. The molecule has 138 valence electrons. The zero-order valence-corrected chi connectivity index (χ0v) is 16.1. The Balaban J connectivity index is 1.65. The van der Waals surface area contributed by atoms with E-state index in [-0.39, 0.29) is 17.1 Å². The summed E-state index contributed by atoms with van der Waals surface area (Å²) >= 11 is 0. The fraction of sp³-hybridized carbons (Fsp3) is 0.450. The van der Waals surface area contributed by atoms with Crippen LogP contribution in [0.25, 0.3) is 0 Å². The molecule has 0 saturated carbocycles. The molecule has 1 saturated heterocycles. The van der Waals surface area contributed by atoms with Crippen LogP contribution in [0.15, 0.2) is 64.1 Å². The van der Waals surface area contributed by atoms with Crippen molar-refractivity contribution in [2.75, 3.05) is 20.1 Å². The average molecular weight is 372 g/mol. The fourth-order valence-electron chi connectivity index (χ4n) is 4.11. The van der Waals surface area contributed by atoms with Gasteiger partial charge in [0.25, 0.3) is 0 Å². The largest absolute Gasteiger partial charge is 0.294 e. The van der Waals surface area contributed by atoms with Crippen molar-refractivity contribution < 1.29 is 8.42 Å². The molecule has 0 N–H and O–H groups in total. The van der Waals surface area contributed by atoms with Crippen LogP contribution >= 0.6 is 0 Å². The molecule has 6 heteroatoms. The number of sulfone groups is 1. The van der Waals surface area contributed by atoms with E-state index in [1.165, 1.54) is 12.8 Å². The Bertz CT molecular complexity index is 866. The standard InChI is InChI=1S/C20H25N3O2S/c1-15-11-13-23(14-12-15)18-10-6-9-17-19(18)22(2)21-20(17)26(24,25)16-7-4-3-5-8-16/h3-10,15,18-19H,11-14H2,1-2H3. The van der Waals surface area contributed by atoms with Gasteiger partial charge in [0.2, 0.25) is 9.84 Å². The molecule has 0 bridgehead atoms. The maximum absolute atomic E-state index is 13.1. The number of hydrazone groups is 1. The van der Waals surface area contributed by atoms with Gasteiger partial charge in [0.1, 0.15) is 0 Å². The van der Waals surface area contributed by atoms with E-state index < -0.39 is 9.84 Å². The van der Waals surface area contributed by atoms with E-state index in [0.717, 1.165) is 24.6 Å². The van der Waals surface area contributed by atoms with Crippen molar-refractivity contribution in [3.63, 3.8) is 0 Å². The van der Waals surface area contributed by atoms with Gasteiger partial charge in [-0.15, -0.1) is 0 Å². The molecular weight excluding hydrogens is 346 g/mol. The Morgan fingerprint density at radius 2 is 1.81 bits per heavy atom. The first-order chi connectivity index (χ1) is 12.5. The second kappa shape index (κ2) is 6.67. The molecule has 3 aliphatic rings. The van der Waals surface area contributed by atoms with Crippen LogP contribution in [0, 0.1) is 5.92 Å². The number of piperidine rings is 1. The SMILES string of the molecule is CC1CCN(C2C=CC=C3C(S(=O)(=O)c4ccccc4)=NN(C)C32)CC1. The molecule has 26 heavy (non-hydrogen) atoms. The number of nitrogens with zero attached hydrogens (tertiary/aromatic N) is 3. The predicted octanol–water partition coefficient (Wildman–Crippen LogP) is 2.68. The molecule has 1 aromatic carbocycles. The van der Waals surface area contributed by atoms with Crippen LogP contribution < -0.4 is 0 Å². The summed E-state index contributed by atoms with van der Waals surface area (Å²) in [4.78, 5) is 2.77. The Hall–Kier alpha value is -1.92. The minimum absolute atomic E-state index is 0.0399. The molecular formula is C20H25N3O2S. The number of fused-ring (bicyclic) bond motifs is 1. The maximum atomic E-state index is 13.1.